The molecule has 2 unspecified atom stereocenters. The Hall–Kier alpha value is -3.35. The van der Waals surface area contributed by atoms with Gasteiger partial charge in [-0.1, -0.05) is 38.1 Å². The van der Waals surface area contributed by atoms with E-state index >= 15 is 0 Å². The minimum Gasteiger partial charge on any atom is -0.391 e. The van der Waals surface area contributed by atoms with Crippen LogP contribution in [0.1, 0.15) is 44.9 Å². The largest absolute Gasteiger partial charge is 0.391 e. The van der Waals surface area contributed by atoms with Gasteiger partial charge in [0, 0.05) is 26.6 Å². The molecule has 1 aliphatic rings. The Balaban J connectivity index is 1.59. The van der Waals surface area contributed by atoms with E-state index in [0.717, 1.165) is 21.7 Å². The molecule has 2 aromatic rings. The summed E-state index contributed by atoms with van der Waals surface area (Å²) in [7, 11) is 1.38. The maximum atomic E-state index is 13.3. The molecule has 0 saturated carbocycles. The number of β-amino-alcohol motifs (C(OH)–C–C–N with tert-alkyl or cyclic N) is 1. The van der Waals surface area contributed by atoms with Crippen molar-refractivity contribution in [3.63, 3.8) is 0 Å². The number of thiazole rings is 1. The highest BCUT2D eigenvalue weighted by molar-refractivity contribution is 7.13. The summed E-state index contributed by atoms with van der Waals surface area (Å²) >= 11 is 1.57. The fourth-order valence-electron chi connectivity index (χ4n) is 4.66. The third-order valence-electron chi connectivity index (χ3n) is 6.66. The Morgan fingerprint density at radius 3 is 2.45 bits per heavy atom. The molecule has 1 fully saturated rings. The quantitative estimate of drug-likeness (QED) is 0.300. The van der Waals surface area contributed by atoms with E-state index in [4.69, 9.17) is 4.74 Å². The zero-order valence-electron chi connectivity index (χ0n) is 23.6. The van der Waals surface area contributed by atoms with Crippen LogP contribution >= 0.6 is 11.3 Å². The third-order valence-corrected chi connectivity index (χ3v) is 7.63. The van der Waals surface area contributed by atoms with Crippen LogP contribution in [0.25, 0.3) is 10.4 Å². The van der Waals surface area contributed by atoms with Gasteiger partial charge in [-0.05, 0) is 37.3 Å². The van der Waals surface area contributed by atoms with Gasteiger partial charge in [0.2, 0.25) is 23.6 Å². The molecule has 1 aromatic carbocycles. The summed E-state index contributed by atoms with van der Waals surface area (Å²) in [6.07, 6.45) is -0.378. The predicted molar refractivity (Wildman–Crippen MR) is 151 cm³/mol. The number of methoxy groups -OCH3 is 1. The molecule has 0 radical (unpaired) electrons. The van der Waals surface area contributed by atoms with Crippen LogP contribution in [0.2, 0.25) is 0 Å². The highest BCUT2D eigenvalue weighted by Crippen LogP contribution is 2.27. The van der Waals surface area contributed by atoms with Crippen molar-refractivity contribution in [2.24, 2.45) is 5.92 Å². The van der Waals surface area contributed by atoms with Crippen molar-refractivity contribution in [1.82, 2.24) is 25.8 Å². The molecule has 1 saturated heterocycles. The van der Waals surface area contributed by atoms with Gasteiger partial charge >= 0.3 is 0 Å². The van der Waals surface area contributed by atoms with Crippen LogP contribution in [-0.4, -0.2) is 83.1 Å². The number of hydrogen-bond donors (Lipinski definition) is 4. The Morgan fingerprint density at radius 2 is 1.85 bits per heavy atom. The number of hydrogen-bond acceptors (Lipinski definition) is 8. The van der Waals surface area contributed by atoms with Crippen molar-refractivity contribution in [1.29, 1.82) is 0 Å². The number of ether oxygens (including phenoxy) is 1. The standard InChI is InChI=1S/C28H39N5O6S/c1-16(2)10-22(32-24(35)14-39-5)26(36)31-18(4)28(38)33-13-21(34)11-23(33)27(37)29-12-19-6-8-20(9-7-19)25-17(3)30-15-40-25/h6-9,15-16,18,21-23,34H,10-14H2,1-5H3,(H,29,37)(H,31,36)(H,32,35)/t18?,21-,22?,23+/m1/s1. The fourth-order valence-corrected chi connectivity index (χ4v) is 5.47. The lowest BCUT2D eigenvalue weighted by atomic mass is 10.0. The van der Waals surface area contributed by atoms with E-state index in [1.807, 2.05) is 45.0 Å². The summed E-state index contributed by atoms with van der Waals surface area (Å²) in [4.78, 5) is 58.0. The summed E-state index contributed by atoms with van der Waals surface area (Å²) in [6, 6.07) is 5.14. The second-order valence-corrected chi connectivity index (χ2v) is 11.3. The van der Waals surface area contributed by atoms with E-state index in [-0.39, 0.29) is 37.9 Å². The van der Waals surface area contributed by atoms with Crippen molar-refractivity contribution in [3.8, 4) is 10.4 Å². The van der Waals surface area contributed by atoms with Gasteiger partial charge in [0.25, 0.3) is 0 Å². The highest BCUT2D eigenvalue weighted by Gasteiger charge is 2.40. The van der Waals surface area contributed by atoms with Crippen LogP contribution in [0.5, 0.6) is 0 Å². The van der Waals surface area contributed by atoms with Crippen LogP contribution in [0, 0.1) is 12.8 Å². The number of nitrogens with one attached hydrogen (secondary N) is 3. The summed E-state index contributed by atoms with van der Waals surface area (Å²) in [6.45, 7) is 7.38. The van der Waals surface area contributed by atoms with Gasteiger partial charge in [0.1, 0.15) is 24.7 Å². The fraction of sp³-hybridized carbons (Fsp3) is 0.536. The first kappa shape index (κ1) is 31.2. The summed E-state index contributed by atoms with van der Waals surface area (Å²) in [5.74, 6) is -1.69. The van der Waals surface area contributed by atoms with Crippen LogP contribution in [0.3, 0.4) is 0 Å². The van der Waals surface area contributed by atoms with Crippen molar-refractivity contribution in [3.05, 3.63) is 41.0 Å². The second kappa shape index (κ2) is 14.3. The third kappa shape index (κ3) is 8.33. The molecule has 3 rings (SSSR count). The number of amides is 4. The van der Waals surface area contributed by atoms with Crippen molar-refractivity contribution in [2.45, 2.75) is 71.3 Å². The zero-order valence-corrected chi connectivity index (χ0v) is 24.4. The van der Waals surface area contributed by atoms with Crippen molar-refractivity contribution < 1.29 is 29.0 Å². The van der Waals surface area contributed by atoms with E-state index in [1.165, 1.54) is 18.9 Å². The van der Waals surface area contributed by atoms with Crippen molar-refractivity contribution >= 4 is 35.0 Å². The van der Waals surface area contributed by atoms with Gasteiger partial charge in [-0.3, -0.25) is 19.2 Å². The summed E-state index contributed by atoms with van der Waals surface area (Å²) in [5.41, 5.74) is 4.71. The first-order valence-corrected chi connectivity index (χ1v) is 14.2. The molecule has 12 heteroatoms. The highest BCUT2D eigenvalue weighted by atomic mass is 32.1. The van der Waals surface area contributed by atoms with Crippen LogP contribution in [0.15, 0.2) is 29.8 Å². The smallest absolute Gasteiger partial charge is 0.246 e. The minimum atomic E-state index is -0.968. The SMILES string of the molecule is COCC(=O)NC(CC(C)C)C(=O)NC(C)C(=O)N1C[C@H](O)C[C@H]1C(=O)NCc1ccc(-c2scnc2C)cc1. The lowest BCUT2D eigenvalue weighted by Crippen LogP contribution is -2.56. The normalized spacial score (nSPS) is 18.3. The number of carbonyl (C=O) groups is 4. The van der Waals surface area contributed by atoms with E-state index in [9.17, 15) is 24.3 Å². The van der Waals surface area contributed by atoms with Crippen LogP contribution < -0.4 is 16.0 Å². The molecular formula is C28H39N5O6S. The Bertz CT molecular complexity index is 1180. The lowest BCUT2D eigenvalue weighted by Gasteiger charge is -2.28. The number of rotatable bonds is 12. The molecular weight excluding hydrogens is 534 g/mol. The lowest BCUT2D eigenvalue weighted by molar-refractivity contribution is -0.141. The molecule has 40 heavy (non-hydrogen) atoms. The van der Waals surface area contributed by atoms with Gasteiger partial charge in [-0.2, -0.15) is 0 Å². The molecule has 0 aliphatic carbocycles. The molecule has 1 aliphatic heterocycles. The maximum absolute atomic E-state index is 13.3. The number of nitrogens with zero attached hydrogens (tertiary/aromatic N) is 2. The summed E-state index contributed by atoms with van der Waals surface area (Å²) < 4.78 is 4.83. The number of aliphatic hydroxyl groups is 1. The molecule has 0 spiro atoms. The number of benzene rings is 1. The second-order valence-electron chi connectivity index (χ2n) is 10.5. The molecule has 2 heterocycles. The first-order chi connectivity index (χ1) is 19.0. The number of likely N-dealkylation sites (tertiary alicyclic amines) is 1. The Kier molecular flexibility index (Phi) is 11.2. The van der Waals surface area contributed by atoms with Gasteiger partial charge in [0.15, 0.2) is 0 Å². The number of aromatic nitrogens is 1. The van der Waals surface area contributed by atoms with E-state index < -0.39 is 42.0 Å². The average molecular weight is 574 g/mol. The number of aryl methyl sites for hydroxylation is 1. The molecule has 218 valence electrons. The van der Waals surface area contributed by atoms with E-state index in [2.05, 4.69) is 20.9 Å². The van der Waals surface area contributed by atoms with Crippen molar-refractivity contribution in [2.75, 3.05) is 20.3 Å². The molecule has 0 bridgehead atoms. The molecule has 4 N–H and O–H groups in total. The molecule has 4 atom stereocenters. The predicted octanol–water partition coefficient (Wildman–Crippen LogP) is 1.38. The monoisotopic (exact) mass is 573 g/mol. The Morgan fingerprint density at radius 1 is 1.15 bits per heavy atom. The first-order valence-electron chi connectivity index (χ1n) is 13.3. The van der Waals surface area contributed by atoms with Crippen LogP contribution in [0.4, 0.5) is 0 Å². The van der Waals surface area contributed by atoms with E-state index in [0.29, 0.717) is 6.42 Å². The van der Waals surface area contributed by atoms with Gasteiger partial charge in [-0.25, -0.2) is 4.98 Å². The zero-order chi connectivity index (χ0) is 29.4. The van der Waals surface area contributed by atoms with Crippen LogP contribution in [-0.2, 0) is 30.5 Å². The molecule has 1 aromatic heterocycles. The van der Waals surface area contributed by atoms with Gasteiger partial charge < -0.3 is 30.7 Å². The molecule has 11 nitrogen and oxygen atoms in total. The topological polar surface area (TPSA) is 150 Å². The Labute approximate surface area is 238 Å². The minimum absolute atomic E-state index is 0.0139. The maximum Gasteiger partial charge on any atom is 0.246 e. The van der Waals surface area contributed by atoms with E-state index in [1.54, 1.807) is 16.8 Å². The summed E-state index contributed by atoms with van der Waals surface area (Å²) in [5, 5.41) is 18.4. The number of carbonyl (C=O) groups excluding carboxylic acids is 4. The average Bonchev–Trinajstić information content (AvgIpc) is 3.51. The molecule has 4 amide bonds. The number of aliphatic hydroxyl groups excluding tert-OH is 1. The van der Waals surface area contributed by atoms with Gasteiger partial charge in [-0.15, -0.1) is 11.3 Å². The van der Waals surface area contributed by atoms with Gasteiger partial charge in [0.05, 0.1) is 22.2 Å².